The number of aromatic nitrogens is 1. The van der Waals surface area contributed by atoms with E-state index in [1.807, 2.05) is 37.2 Å². The lowest BCUT2D eigenvalue weighted by atomic mass is 10.0. The number of hydrogen-bond acceptors (Lipinski definition) is 5. The molecule has 0 aromatic carbocycles. The number of piperidine rings is 1. The fourth-order valence-electron chi connectivity index (χ4n) is 2.71. The molecule has 0 spiro atoms. The van der Waals surface area contributed by atoms with E-state index in [1.165, 1.54) is 0 Å². The van der Waals surface area contributed by atoms with E-state index in [0.29, 0.717) is 6.04 Å². The SMILES string of the molecule is CC(c1nccs1)N(C)[C@H]1CCCN(C(=O)OC(C)(C)C)C1. The first-order valence-electron chi connectivity index (χ1n) is 7.87. The van der Waals surface area contributed by atoms with Gasteiger partial charge in [0, 0.05) is 30.7 Å². The summed E-state index contributed by atoms with van der Waals surface area (Å²) in [6.07, 6.45) is 3.76. The summed E-state index contributed by atoms with van der Waals surface area (Å²) in [5.41, 5.74) is -0.440. The van der Waals surface area contributed by atoms with Crippen molar-refractivity contribution in [2.45, 2.75) is 58.2 Å². The molecule has 1 unspecified atom stereocenters. The smallest absolute Gasteiger partial charge is 0.410 e. The highest BCUT2D eigenvalue weighted by Gasteiger charge is 2.31. The van der Waals surface area contributed by atoms with Gasteiger partial charge in [0.15, 0.2) is 0 Å². The number of thiazole rings is 1. The minimum atomic E-state index is -0.440. The molecular formula is C16H27N3O2S. The third kappa shape index (κ3) is 4.43. The molecule has 5 nitrogen and oxygen atoms in total. The van der Waals surface area contributed by atoms with Gasteiger partial charge in [-0.15, -0.1) is 11.3 Å². The molecule has 0 bridgehead atoms. The molecular weight excluding hydrogens is 298 g/mol. The van der Waals surface area contributed by atoms with Crippen LogP contribution in [0.2, 0.25) is 0 Å². The zero-order valence-corrected chi connectivity index (χ0v) is 15.0. The van der Waals surface area contributed by atoms with Crippen molar-refractivity contribution in [2.24, 2.45) is 0 Å². The molecule has 124 valence electrons. The predicted octanol–water partition coefficient (Wildman–Crippen LogP) is 3.54. The van der Waals surface area contributed by atoms with E-state index in [1.54, 1.807) is 11.3 Å². The number of nitrogens with zero attached hydrogens (tertiary/aromatic N) is 3. The van der Waals surface area contributed by atoms with Crippen LogP contribution in [-0.2, 0) is 4.74 Å². The van der Waals surface area contributed by atoms with Gasteiger partial charge in [-0.05, 0) is 47.6 Å². The molecule has 1 aromatic heterocycles. The van der Waals surface area contributed by atoms with Crippen molar-refractivity contribution in [1.82, 2.24) is 14.8 Å². The van der Waals surface area contributed by atoms with Crippen molar-refractivity contribution >= 4 is 17.4 Å². The lowest BCUT2D eigenvalue weighted by molar-refractivity contribution is 0.00972. The number of likely N-dealkylation sites (tertiary alicyclic amines) is 1. The second-order valence-electron chi connectivity index (χ2n) is 6.93. The maximum atomic E-state index is 12.3. The Morgan fingerprint density at radius 2 is 2.27 bits per heavy atom. The molecule has 1 fully saturated rings. The molecule has 1 aromatic rings. The fourth-order valence-corrected chi connectivity index (χ4v) is 3.46. The van der Waals surface area contributed by atoms with Gasteiger partial charge in [0.2, 0.25) is 0 Å². The summed E-state index contributed by atoms with van der Waals surface area (Å²) in [6.45, 7) is 9.40. The average Bonchev–Trinajstić information content (AvgIpc) is 2.98. The summed E-state index contributed by atoms with van der Waals surface area (Å²) in [4.78, 5) is 20.8. The average molecular weight is 325 g/mol. The van der Waals surface area contributed by atoms with Crippen LogP contribution < -0.4 is 0 Å². The first-order valence-corrected chi connectivity index (χ1v) is 8.75. The van der Waals surface area contributed by atoms with E-state index in [2.05, 4.69) is 23.9 Å². The van der Waals surface area contributed by atoms with Crippen LogP contribution in [0, 0.1) is 0 Å². The molecule has 0 saturated carbocycles. The zero-order valence-electron chi connectivity index (χ0n) is 14.2. The highest BCUT2D eigenvalue weighted by molar-refractivity contribution is 7.09. The standard InChI is InChI=1S/C16H27N3O2S/c1-12(14-17-8-10-22-14)18(5)13-7-6-9-19(11-13)15(20)21-16(2,3)4/h8,10,12-13H,6-7,9,11H2,1-5H3/t12?,13-/m0/s1. The van der Waals surface area contributed by atoms with Gasteiger partial charge >= 0.3 is 6.09 Å². The zero-order chi connectivity index (χ0) is 16.3. The van der Waals surface area contributed by atoms with Crippen LogP contribution in [0.15, 0.2) is 11.6 Å². The predicted molar refractivity (Wildman–Crippen MR) is 89.1 cm³/mol. The van der Waals surface area contributed by atoms with E-state index in [4.69, 9.17) is 4.74 Å². The largest absolute Gasteiger partial charge is 0.444 e. The molecule has 2 atom stereocenters. The van der Waals surface area contributed by atoms with Crippen LogP contribution in [0.3, 0.4) is 0 Å². The van der Waals surface area contributed by atoms with E-state index in [-0.39, 0.29) is 12.1 Å². The minimum absolute atomic E-state index is 0.201. The Morgan fingerprint density at radius 3 is 2.86 bits per heavy atom. The van der Waals surface area contributed by atoms with E-state index < -0.39 is 5.60 Å². The summed E-state index contributed by atoms with van der Waals surface area (Å²) in [5, 5.41) is 3.13. The highest BCUT2D eigenvalue weighted by Crippen LogP contribution is 2.26. The highest BCUT2D eigenvalue weighted by atomic mass is 32.1. The molecule has 6 heteroatoms. The molecule has 1 aliphatic rings. The summed E-state index contributed by atoms with van der Waals surface area (Å²) in [7, 11) is 2.12. The van der Waals surface area contributed by atoms with Crippen LogP contribution >= 0.6 is 11.3 Å². The maximum absolute atomic E-state index is 12.3. The summed E-state index contributed by atoms with van der Waals surface area (Å²) in [5.74, 6) is 0. The second-order valence-corrected chi connectivity index (χ2v) is 7.86. The molecule has 2 rings (SSSR count). The van der Waals surface area contributed by atoms with Gasteiger partial charge in [-0.25, -0.2) is 9.78 Å². The van der Waals surface area contributed by atoms with Gasteiger partial charge in [0.1, 0.15) is 10.6 Å². The Balaban J connectivity index is 1.96. The van der Waals surface area contributed by atoms with E-state index in [9.17, 15) is 4.79 Å². The van der Waals surface area contributed by atoms with Crippen molar-refractivity contribution < 1.29 is 9.53 Å². The van der Waals surface area contributed by atoms with Crippen LogP contribution in [0.5, 0.6) is 0 Å². The van der Waals surface area contributed by atoms with Gasteiger partial charge in [-0.2, -0.15) is 0 Å². The van der Waals surface area contributed by atoms with Gasteiger partial charge in [0.05, 0.1) is 6.04 Å². The molecule has 2 heterocycles. The number of likely N-dealkylation sites (N-methyl/N-ethyl adjacent to an activating group) is 1. The third-order valence-electron chi connectivity index (χ3n) is 4.04. The fraction of sp³-hybridized carbons (Fsp3) is 0.750. The lowest BCUT2D eigenvalue weighted by Crippen LogP contribution is -2.50. The van der Waals surface area contributed by atoms with Crippen LogP contribution in [-0.4, -0.2) is 52.7 Å². The maximum Gasteiger partial charge on any atom is 0.410 e. The molecule has 1 saturated heterocycles. The van der Waals surface area contributed by atoms with Crippen LogP contribution in [0.25, 0.3) is 0 Å². The summed E-state index contributed by atoms with van der Waals surface area (Å²) in [6, 6.07) is 0.615. The van der Waals surface area contributed by atoms with Crippen LogP contribution in [0.1, 0.15) is 51.6 Å². The number of carbonyl (C=O) groups excluding carboxylic acids is 1. The normalized spacial score (nSPS) is 21.0. The lowest BCUT2D eigenvalue weighted by Gasteiger charge is -2.40. The van der Waals surface area contributed by atoms with E-state index in [0.717, 1.165) is 30.9 Å². The topological polar surface area (TPSA) is 45.7 Å². The van der Waals surface area contributed by atoms with Gasteiger partial charge in [-0.3, -0.25) is 4.90 Å². The summed E-state index contributed by atoms with van der Waals surface area (Å²) < 4.78 is 5.50. The molecule has 22 heavy (non-hydrogen) atoms. The number of hydrogen-bond donors (Lipinski definition) is 0. The number of carbonyl (C=O) groups is 1. The number of amides is 1. The minimum Gasteiger partial charge on any atom is -0.444 e. The quantitative estimate of drug-likeness (QED) is 0.853. The molecule has 0 radical (unpaired) electrons. The Bertz CT molecular complexity index is 484. The Morgan fingerprint density at radius 1 is 1.55 bits per heavy atom. The summed E-state index contributed by atoms with van der Waals surface area (Å²) >= 11 is 1.68. The second kappa shape index (κ2) is 6.96. The molecule has 0 aliphatic carbocycles. The monoisotopic (exact) mass is 325 g/mol. The number of ether oxygens (including phenoxy) is 1. The third-order valence-corrected chi connectivity index (χ3v) is 4.99. The Hall–Kier alpha value is -1.14. The Labute approximate surface area is 137 Å². The van der Waals surface area contributed by atoms with Gasteiger partial charge < -0.3 is 9.64 Å². The molecule has 1 aliphatic heterocycles. The number of rotatable bonds is 3. The van der Waals surface area contributed by atoms with Crippen LogP contribution in [0.4, 0.5) is 4.79 Å². The van der Waals surface area contributed by atoms with Crippen molar-refractivity contribution in [2.75, 3.05) is 20.1 Å². The van der Waals surface area contributed by atoms with E-state index >= 15 is 0 Å². The Kier molecular flexibility index (Phi) is 5.45. The first kappa shape index (κ1) is 17.2. The molecule has 1 amide bonds. The van der Waals surface area contributed by atoms with Crippen molar-refractivity contribution in [3.63, 3.8) is 0 Å². The van der Waals surface area contributed by atoms with Crippen molar-refractivity contribution in [1.29, 1.82) is 0 Å². The van der Waals surface area contributed by atoms with Gasteiger partial charge in [-0.1, -0.05) is 0 Å². The van der Waals surface area contributed by atoms with Gasteiger partial charge in [0.25, 0.3) is 0 Å². The van der Waals surface area contributed by atoms with Crippen molar-refractivity contribution in [3.05, 3.63) is 16.6 Å². The first-order chi connectivity index (χ1) is 10.3. The molecule has 0 N–H and O–H groups in total. The van der Waals surface area contributed by atoms with Crippen molar-refractivity contribution in [3.8, 4) is 0 Å².